The quantitative estimate of drug-likeness (QED) is 0.637. The van der Waals surface area contributed by atoms with Crippen molar-refractivity contribution in [2.24, 2.45) is 5.73 Å². The molecular weight excluding hydrogens is 360 g/mol. The molecule has 0 saturated carbocycles. The van der Waals surface area contributed by atoms with E-state index in [1.165, 1.54) is 0 Å². The fourth-order valence-electron chi connectivity index (χ4n) is 3.71. The van der Waals surface area contributed by atoms with Gasteiger partial charge < -0.3 is 16.0 Å². The SMILES string of the molecule is Cc1[nH]c2c(C(N)=O)c(F)c(F)c(-c3cccc4c3CCNC4)c2c1Cl. The summed E-state index contributed by atoms with van der Waals surface area (Å²) in [7, 11) is 0. The van der Waals surface area contributed by atoms with E-state index in [9.17, 15) is 9.18 Å². The van der Waals surface area contributed by atoms with Crippen molar-refractivity contribution in [2.45, 2.75) is 19.9 Å². The summed E-state index contributed by atoms with van der Waals surface area (Å²) in [5.41, 5.74) is 8.06. The van der Waals surface area contributed by atoms with Gasteiger partial charge in [0.05, 0.1) is 10.5 Å². The smallest absolute Gasteiger partial charge is 0.253 e. The highest BCUT2D eigenvalue weighted by atomic mass is 35.5. The van der Waals surface area contributed by atoms with Gasteiger partial charge in [-0.25, -0.2) is 8.78 Å². The summed E-state index contributed by atoms with van der Waals surface area (Å²) in [6.07, 6.45) is 0.687. The first-order valence-electron chi connectivity index (χ1n) is 8.22. The summed E-state index contributed by atoms with van der Waals surface area (Å²) in [6, 6.07) is 5.52. The summed E-state index contributed by atoms with van der Waals surface area (Å²) < 4.78 is 29.9. The van der Waals surface area contributed by atoms with Crippen LogP contribution < -0.4 is 11.1 Å². The van der Waals surface area contributed by atoms with Gasteiger partial charge in [0.15, 0.2) is 11.6 Å². The normalized spacial score (nSPS) is 13.8. The van der Waals surface area contributed by atoms with Crippen molar-refractivity contribution in [3.05, 3.63) is 57.2 Å². The minimum atomic E-state index is -1.26. The Kier molecular flexibility index (Phi) is 3.97. The Morgan fingerprint density at radius 3 is 2.77 bits per heavy atom. The summed E-state index contributed by atoms with van der Waals surface area (Å²) in [4.78, 5) is 14.6. The average Bonchev–Trinajstić information content (AvgIpc) is 2.90. The van der Waals surface area contributed by atoms with E-state index in [1.54, 1.807) is 19.1 Å². The maximum absolute atomic E-state index is 15.1. The molecule has 0 aliphatic carbocycles. The van der Waals surface area contributed by atoms with Crippen LogP contribution in [0.15, 0.2) is 18.2 Å². The molecule has 4 nitrogen and oxygen atoms in total. The molecule has 0 bridgehead atoms. The molecule has 1 amide bonds. The third-order valence-electron chi connectivity index (χ3n) is 4.90. The van der Waals surface area contributed by atoms with Crippen LogP contribution in [0.1, 0.15) is 27.2 Å². The molecule has 2 heterocycles. The van der Waals surface area contributed by atoms with Gasteiger partial charge in [-0.05, 0) is 36.6 Å². The van der Waals surface area contributed by atoms with Gasteiger partial charge in [0, 0.05) is 23.2 Å². The van der Waals surface area contributed by atoms with Crippen molar-refractivity contribution < 1.29 is 13.6 Å². The number of hydrogen-bond acceptors (Lipinski definition) is 2. The van der Waals surface area contributed by atoms with Crippen LogP contribution in [0.5, 0.6) is 0 Å². The van der Waals surface area contributed by atoms with E-state index in [0.717, 1.165) is 17.7 Å². The lowest BCUT2D eigenvalue weighted by Crippen LogP contribution is -2.24. The first-order valence-corrected chi connectivity index (χ1v) is 8.60. The second-order valence-electron chi connectivity index (χ2n) is 6.43. The summed E-state index contributed by atoms with van der Waals surface area (Å²) in [5.74, 6) is -3.42. The van der Waals surface area contributed by atoms with Crippen molar-refractivity contribution in [3.63, 3.8) is 0 Å². The standard InChI is InChI=1S/C19H16ClF2N3O/c1-8-15(20)13-12(11-4-2-3-9-7-24-6-5-10(9)11)16(21)17(22)14(19(23)26)18(13)25-8/h2-4,24-25H,5-7H2,1H3,(H2,23,26). The van der Waals surface area contributed by atoms with Crippen LogP contribution in [0.25, 0.3) is 22.0 Å². The number of rotatable bonds is 2. The van der Waals surface area contributed by atoms with Gasteiger partial charge in [0.2, 0.25) is 0 Å². The number of carbonyl (C=O) groups excluding carboxylic acids is 1. The van der Waals surface area contributed by atoms with Crippen LogP contribution in [0.2, 0.25) is 5.02 Å². The lowest BCUT2D eigenvalue weighted by atomic mass is 9.88. The molecule has 1 aliphatic rings. The largest absolute Gasteiger partial charge is 0.365 e. The topological polar surface area (TPSA) is 70.9 Å². The van der Waals surface area contributed by atoms with E-state index in [4.69, 9.17) is 17.3 Å². The van der Waals surface area contributed by atoms with E-state index in [-0.39, 0.29) is 21.5 Å². The number of amides is 1. The minimum absolute atomic E-state index is 0.0654. The van der Waals surface area contributed by atoms with Gasteiger partial charge >= 0.3 is 0 Å². The number of primary amides is 1. The third kappa shape index (κ3) is 2.33. The Morgan fingerprint density at radius 2 is 2.04 bits per heavy atom. The molecule has 0 unspecified atom stereocenters. The molecular formula is C19H16ClF2N3O. The molecule has 4 N–H and O–H groups in total. The second-order valence-corrected chi connectivity index (χ2v) is 6.80. The van der Waals surface area contributed by atoms with Crippen molar-refractivity contribution in [3.8, 4) is 11.1 Å². The molecule has 2 aromatic carbocycles. The van der Waals surface area contributed by atoms with Gasteiger partial charge in [-0.15, -0.1) is 0 Å². The van der Waals surface area contributed by atoms with Crippen molar-refractivity contribution in [2.75, 3.05) is 6.54 Å². The first kappa shape index (κ1) is 17.0. The van der Waals surface area contributed by atoms with Gasteiger partial charge in [-0.1, -0.05) is 29.8 Å². The van der Waals surface area contributed by atoms with Gasteiger partial charge in [0.1, 0.15) is 5.56 Å². The molecule has 0 spiro atoms. The zero-order chi connectivity index (χ0) is 18.6. The third-order valence-corrected chi connectivity index (χ3v) is 5.37. The maximum atomic E-state index is 15.1. The second kappa shape index (κ2) is 6.07. The van der Waals surface area contributed by atoms with Crippen molar-refractivity contribution in [1.82, 2.24) is 10.3 Å². The predicted molar refractivity (Wildman–Crippen MR) is 97.3 cm³/mol. The highest BCUT2D eigenvalue weighted by Crippen LogP contribution is 2.42. The summed E-state index contributed by atoms with van der Waals surface area (Å²) >= 11 is 6.40. The summed E-state index contributed by atoms with van der Waals surface area (Å²) in [5, 5.41) is 3.80. The van der Waals surface area contributed by atoms with Crippen LogP contribution in [0.3, 0.4) is 0 Å². The number of benzene rings is 2. The Bertz CT molecular complexity index is 1070. The first-order chi connectivity index (χ1) is 12.4. The maximum Gasteiger partial charge on any atom is 0.253 e. The Labute approximate surface area is 153 Å². The Morgan fingerprint density at radius 1 is 1.27 bits per heavy atom. The average molecular weight is 376 g/mol. The number of fused-ring (bicyclic) bond motifs is 2. The lowest BCUT2D eigenvalue weighted by Gasteiger charge is -2.21. The molecule has 0 atom stereocenters. The molecule has 26 heavy (non-hydrogen) atoms. The van der Waals surface area contributed by atoms with Crippen LogP contribution in [-0.4, -0.2) is 17.4 Å². The number of carbonyl (C=O) groups is 1. The fraction of sp³-hybridized carbons (Fsp3) is 0.211. The number of nitrogens with one attached hydrogen (secondary N) is 2. The highest BCUT2D eigenvalue weighted by Gasteiger charge is 2.29. The Hall–Kier alpha value is -2.44. The van der Waals surface area contributed by atoms with Gasteiger partial charge in [-0.2, -0.15) is 0 Å². The number of H-pyrrole nitrogens is 1. The van der Waals surface area contributed by atoms with Crippen molar-refractivity contribution >= 4 is 28.4 Å². The number of halogens is 3. The molecule has 1 aliphatic heterocycles. The van der Waals surface area contributed by atoms with Crippen LogP contribution >= 0.6 is 11.6 Å². The molecule has 7 heteroatoms. The number of aromatic amines is 1. The van der Waals surface area contributed by atoms with Gasteiger partial charge in [0.25, 0.3) is 5.91 Å². The number of aryl methyl sites for hydroxylation is 1. The molecule has 0 saturated heterocycles. The summed E-state index contributed by atoms with van der Waals surface area (Å²) in [6.45, 7) is 3.09. The number of nitrogens with two attached hydrogens (primary N) is 1. The van der Waals surface area contributed by atoms with Crippen LogP contribution in [0, 0.1) is 18.6 Å². The number of hydrogen-bond donors (Lipinski definition) is 3. The molecule has 1 aromatic heterocycles. The monoisotopic (exact) mass is 375 g/mol. The van der Waals surface area contributed by atoms with Crippen LogP contribution in [0.4, 0.5) is 8.78 Å². The fourth-order valence-corrected chi connectivity index (χ4v) is 3.95. The van der Waals surface area contributed by atoms with Crippen molar-refractivity contribution in [1.29, 1.82) is 0 Å². The van der Waals surface area contributed by atoms with E-state index in [2.05, 4.69) is 10.3 Å². The molecule has 134 valence electrons. The van der Waals surface area contributed by atoms with E-state index >= 15 is 4.39 Å². The van der Waals surface area contributed by atoms with E-state index in [1.807, 2.05) is 6.07 Å². The minimum Gasteiger partial charge on any atom is -0.365 e. The predicted octanol–water partition coefficient (Wildman–Crippen LogP) is 3.82. The molecule has 0 fully saturated rings. The molecule has 0 radical (unpaired) electrons. The molecule has 4 rings (SSSR count). The zero-order valence-electron chi connectivity index (χ0n) is 14.0. The zero-order valence-corrected chi connectivity index (χ0v) is 14.7. The van der Waals surface area contributed by atoms with E-state index < -0.39 is 23.1 Å². The van der Waals surface area contributed by atoms with Crippen LogP contribution in [-0.2, 0) is 13.0 Å². The highest BCUT2D eigenvalue weighted by molar-refractivity contribution is 6.38. The van der Waals surface area contributed by atoms with Gasteiger partial charge in [-0.3, -0.25) is 4.79 Å². The number of aromatic nitrogens is 1. The lowest BCUT2D eigenvalue weighted by molar-refractivity contribution is 0.0997. The Balaban J connectivity index is 2.17. The molecule has 3 aromatic rings. The van der Waals surface area contributed by atoms with E-state index in [0.29, 0.717) is 24.2 Å².